The van der Waals surface area contributed by atoms with Crippen molar-refractivity contribution >= 4 is 11.6 Å². The second-order valence-electron chi connectivity index (χ2n) is 9.23. The molecule has 0 aromatic heterocycles. The van der Waals surface area contributed by atoms with Crippen LogP contribution in [-0.4, -0.2) is 5.11 Å². The van der Waals surface area contributed by atoms with Crippen molar-refractivity contribution in [1.29, 1.82) is 0 Å². The molecular weight excluding hydrogens is 364 g/mol. The van der Waals surface area contributed by atoms with Crippen LogP contribution in [0.1, 0.15) is 77.6 Å². The number of hydrogen-bond acceptors (Lipinski definition) is 1. The van der Waals surface area contributed by atoms with Gasteiger partial charge in [-0.1, -0.05) is 81.4 Å². The highest BCUT2D eigenvalue weighted by Gasteiger charge is 2.28. The molecule has 0 aliphatic heterocycles. The van der Waals surface area contributed by atoms with E-state index in [1.54, 1.807) is 0 Å². The van der Waals surface area contributed by atoms with E-state index >= 15 is 0 Å². The first-order valence-corrected chi connectivity index (χ1v) is 11.0. The van der Waals surface area contributed by atoms with Crippen molar-refractivity contribution in [1.82, 2.24) is 0 Å². The maximum Gasteiger partial charge on any atom is 0.121 e. The number of phenolic OH excluding ortho intramolecular Hbond substituents is 1. The normalized spacial score (nSPS) is 15.8. The molecule has 1 nitrogen and oxygen atoms in total. The second kappa shape index (κ2) is 7.47. The van der Waals surface area contributed by atoms with E-state index in [-0.39, 0.29) is 5.41 Å². The van der Waals surface area contributed by atoms with Gasteiger partial charge < -0.3 is 5.11 Å². The molecule has 1 unspecified atom stereocenters. The van der Waals surface area contributed by atoms with Crippen molar-refractivity contribution in [2.45, 2.75) is 59.3 Å². The maximum absolute atomic E-state index is 10.3. The molecule has 1 aliphatic carbocycles. The van der Waals surface area contributed by atoms with E-state index in [1.807, 2.05) is 13.8 Å². The summed E-state index contributed by atoms with van der Waals surface area (Å²) in [5.74, 6) is 0.894. The van der Waals surface area contributed by atoms with Crippen molar-refractivity contribution in [3.8, 4) is 5.75 Å². The highest BCUT2D eigenvalue weighted by Crippen LogP contribution is 2.44. The van der Waals surface area contributed by atoms with Crippen molar-refractivity contribution in [2.75, 3.05) is 0 Å². The Labute approximate surface area is 181 Å². The van der Waals surface area contributed by atoms with Gasteiger partial charge in [-0.2, -0.15) is 0 Å². The molecule has 0 fully saturated rings. The summed E-state index contributed by atoms with van der Waals surface area (Å²) < 4.78 is 0. The predicted octanol–water partition coefficient (Wildman–Crippen LogP) is 7.69. The van der Waals surface area contributed by atoms with Gasteiger partial charge in [0.05, 0.1) is 0 Å². The molecule has 0 spiro atoms. The van der Waals surface area contributed by atoms with Crippen LogP contribution in [0.5, 0.6) is 5.75 Å². The van der Waals surface area contributed by atoms with Gasteiger partial charge in [0.15, 0.2) is 0 Å². The number of hydrogen-bond donors (Lipinski definition) is 1. The summed E-state index contributed by atoms with van der Waals surface area (Å²) in [6.07, 6.45) is 3.47. The monoisotopic (exact) mass is 396 g/mol. The first-order valence-electron chi connectivity index (χ1n) is 11.0. The Bertz CT molecular complexity index is 1130. The molecule has 0 heterocycles. The Morgan fingerprint density at radius 1 is 0.900 bits per heavy atom. The van der Waals surface area contributed by atoms with E-state index in [2.05, 4.69) is 88.4 Å². The zero-order valence-corrected chi connectivity index (χ0v) is 19.0. The molecule has 3 aromatic rings. The molecule has 3 aromatic carbocycles. The van der Waals surface area contributed by atoms with Gasteiger partial charge in [0.25, 0.3) is 0 Å². The summed E-state index contributed by atoms with van der Waals surface area (Å²) in [4.78, 5) is 0. The lowest BCUT2D eigenvalue weighted by Gasteiger charge is -2.30. The Morgan fingerprint density at radius 3 is 2.23 bits per heavy atom. The summed E-state index contributed by atoms with van der Waals surface area (Å²) in [7, 11) is 0. The topological polar surface area (TPSA) is 20.2 Å². The van der Waals surface area contributed by atoms with Gasteiger partial charge in [-0.05, 0) is 77.3 Å². The number of aryl methyl sites for hydroxylation is 1. The quantitative estimate of drug-likeness (QED) is 0.479. The lowest BCUT2D eigenvalue weighted by molar-refractivity contribution is 0.465. The molecule has 0 saturated heterocycles. The number of fused-ring (bicyclic) bond motifs is 1. The third-order valence-electron chi connectivity index (χ3n) is 7.14. The molecular formula is C29H32O. The van der Waals surface area contributed by atoms with E-state index < -0.39 is 0 Å². The number of benzene rings is 3. The fourth-order valence-corrected chi connectivity index (χ4v) is 5.07. The summed E-state index contributed by atoms with van der Waals surface area (Å²) >= 11 is 0. The van der Waals surface area contributed by atoms with Crippen LogP contribution in [0, 0.1) is 20.8 Å². The van der Waals surface area contributed by atoms with Crippen molar-refractivity contribution in [2.24, 2.45) is 0 Å². The van der Waals surface area contributed by atoms with E-state index in [9.17, 15) is 5.11 Å². The van der Waals surface area contributed by atoms with Crippen LogP contribution in [0.3, 0.4) is 0 Å². The predicted molar refractivity (Wildman–Crippen MR) is 128 cm³/mol. The van der Waals surface area contributed by atoms with E-state index in [4.69, 9.17) is 0 Å². The lowest BCUT2D eigenvalue weighted by Crippen LogP contribution is -2.21. The average molecular weight is 397 g/mol. The van der Waals surface area contributed by atoms with Crippen molar-refractivity contribution in [3.63, 3.8) is 0 Å². The summed E-state index contributed by atoms with van der Waals surface area (Å²) in [6, 6.07) is 20.0. The third-order valence-corrected chi connectivity index (χ3v) is 7.14. The summed E-state index contributed by atoms with van der Waals surface area (Å²) in [5, 5.41) is 10.3. The Balaban J connectivity index is 1.71. The Hall–Kier alpha value is -2.80. The number of allylic oxidation sites excluding steroid dienone is 1. The average Bonchev–Trinajstić information content (AvgIpc) is 3.13. The van der Waals surface area contributed by atoms with E-state index in [1.165, 1.54) is 39.0 Å². The second-order valence-corrected chi connectivity index (χ2v) is 9.23. The molecule has 1 N–H and O–H groups in total. The summed E-state index contributed by atoms with van der Waals surface area (Å²) in [6.45, 7) is 12.9. The van der Waals surface area contributed by atoms with E-state index in [0.717, 1.165) is 17.5 Å². The van der Waals surface area contributed by atoms with Gasteiger partial charge in [0.2, 0.25) is 0 Å². The van der Waals surface area contributed by atoms with Gasteiger partial charge in [-0.3, -0.25) is 0 Å². The van der Waals surface area contributed by atoms with E-state index in [0.29, 0.717) is 11.7 Å². The number of aromatic hydroxyl groups is 1. The van der Waals surface area contributed by atoms with Crippen LogP contribution in [0.15, 0.2) is 54.6 Å². The molecule has 0 amide bonds. The van der Waals surface area contributed by atoms with Crippen molar-refractivity contribution < 1.29 is 5.11 Å². The minimum Gasteiger partial charge on any atom is -0.507 e. The van der Waals surface area contributed by atoms with Gasteiger partial charge in [-0.15, -0.1) is 0 Å². The molecule has 0 radical (unpaired) electrons. The molecule has 1 aliphatic rings. The molecule has 1 atom stereocenters. The van der Waals surface area contributed by atoms with Crippen LogP contribution in [0.2, 0.25) is 0 Å². The first-order chi connectivity index (χ1) is 14.3. The molecule has 154 valence electrons. The molecule has 1 heteroatoms. The largest absolute Gasteiger partial charge is 0.507 e. The SMILES string of the molecule is CCC1C(c2ccc(C(C)(C)c3cc(C)c(O)c(C)c3C)cc2)=Cc2ccccc21. The van der Waals surface area contributed by atoms with Gasteiger partial charge in [0.1, 0.15) is 5.75 Å². The van der Waals surface area contributed by atoms with Crippen LogP contribution in [-0.2, 0) is 5.41 Å². The Morgan fingerprint density at radius 2 is 1.57 bits per heavy atom. The molecule has 4 rings (SSSR count). The lowest BCUT2D eigenvalue weighted by atomic mass is 9.74. The van der Waals surface area contributed by atoms with Gasteiger partial charge in [-0.25, -0.2) is 0 Å². The highest BCUT2D eigenvalue weighted by atomic mass is 16.3. The van der Waals surface area contributed by atoms with Gasteiger partial charge >= 0.3 is 0 Å². The van der Waals surface area contributed by atoms with Crippen LogP contribution in [0.25, 0.3) is 11.6 Å². The minimum absolute atomic E-state index is 0.136. The van der Waals surface area contributed by atoms with Crippen LogP contribution >= 0.6 is 0 Å². The zero-order chi connectivity index (χ0) is 21.6. The number of phenols is 1. The first kappa shape index (κ1) is 20.5. The molecule has 0 bridgehead atoms. The fraction of sp³-hybridized carbons (Fsp3) is 0.310. The third kappa shape index (κ3) is 3.17. The van der Waals surface area contributed by atoms with Crippen LogP contribution < -0.4 is 0 Å². The maximum atomic E-state index is 10.3. The fourth-order valence-electron chi connectivity index (χ4n) is 5.07. The standard InChI is InChI=1S/C29H32O/c1-7-24-25-11-9-8-10-22(25)17-26(24)21-12-14-23(15-13-21)29(5,6)27-16-18(2)28(30)20(4)19(27)3/h8-17,24,30H,7H2,1-6H3. The van der Waals surface area contributed by atoms with Crippen LogP contribution in [0.4, 0.5) is 0 Å². The number of rotatable bonds is 4. The smallest absolute Gasteiger partial charge is 0.121 e. The zero-order valence-electron chi connectivity index (χ0n) is 19.0. The summed E-state index contributed by atoms with van der Waals surface area (Å²) in [5.41, 5.74) is 11.1. The molecule has 30 heavy (non-hydrogen) atoms. The minimum atomic E-state index is -0.136. The van der Waals surface area contributed by atoms with Crippen molar-refractivity contribution in [3.05, 3.63) is 99.1 Å². The molecule has 0 saturated carbocycles. The Kier molecular flexibility index (Phi) is 5.10. The highest BCUT2D eigenvalue weighted by molar-refractivity contribution is 5.91. The van der Waals surface area contributed by atoms with Gasteiger partial charge in [0, 0.05) is 11.3 Å².